The summed E-state index contributed by atoms with van der Waals surface area (Å²) in [7, 11) is 5.82. The van der Waals surface area contributed by atoms with E-state index in [1.165, 1.54) is 12.8 Å². The molecule has 1 amide bonds. The van der Waals surface area contributed by atoms with Crippen molar-refractivity contribution >= 4 is 17.3 Å². The van der Waals surface area contributed by atoms with Crippen LogP contribution in [-0.2, 0) is 0 Å². The lowest BCUT2D eigenvalue weighted by atomic mass is 9.86. The Morgan fingerprint density at radius 1 is 1.14 bits per heavy atom. The Labute approximate surface area is 127 Å². The molecule has 1 fully saturated rings. The van der Waals surface area contributed by atoms with Crippen molar-refractivity contribution in [2.24, 2.45) is 5.92 Å². The van der Waals surface area contributed by atoms with Crippen LogP contribution >= 0.6 is 0 Å². The maximum Gasteiger partial charge on any atom is 0.256 e. The molecule has 0 heterocycles. The van der Waals surface area contributed by atoms with E-state index in [9.17, 15) is 4.79 Å². The van der Waals surface area contributed by atoms with Crippen LogP contribution in [0, 0.1) is 5.92 Å². The maximum atomic E-state index is 12.8. The summed E-state index contributed by atoms with van der Waals surface area (Å²) in [6.45, 7) is 2.29. The van der Waals surface area contributed by atoms with Gasteiger partial charge in [0.1, 0.15) is 0 Å². The zero-order valence-corrected chi connectivity index (χ0v) is 13.6. The van der Waals surface area contributed by atoms with E-state index in [2.05, 4.69) is 6.92 Å². The number of carbonyl (C=O) groups is 1. The van der Waals surface area contributed by atoms with E-state index in [1.54, 1.807) is 6.07 Å². The molecule has 0 unspecified atom stereocenters. The first-order chi connectivity index (χ1) is 9.90. The zero-order valence-electron chi connectivity index (χ0n) is 13.6. The minimum atomic E-state index is 0.0746. The molecule has 0 bridgehead atoms. The molecule has 4 nitrogen and oxygen atoms in total. The first-order valence-electron chi connectivity index (χ1n) is 7.74. The van der Waals surface area contributed by atoms with Crippen molar-refractivity contribution < 1.29 is 4.79 Å². The number of nitrogens with two attached hydrogens (primary N) is 1. The van der Waals surface area contributed by atoms with Crippen molar-refractivity contribution in [3.63, 3.8) is 0 Å². The summed E-state index contributed by atoms with van der Waals surface area (Å²) in [6, 6.07) is 5.90. The van der Waals surface area contributed by atoms with E-state index in [-0.39, 0.29) is 5.91 Å². The third-order valence-corrected chi connectivity index (χ3v) is 4.59. The van der Waals surface area contributed by atoms with Crippen LogP contribution in [0.1, 0.15) is 43.0 Å². The van der Waals surface area contributed by atoms with E-state index in [0.717, 1.165) is 24.4 Å². The Bertz CT molecular complexity index is 505. The van der Waals surface area contributed by atoms with Crippen LogP contribution in [0.4, 0.5) is 11.4 Å². The number of nitrogens with zero attached hydrogens (tertiary/aromatic N) is 2. The molecule has 2 rings (SSSR count). The summed E-state index contributed by atoms with van der Waals surface area (Å²) in [5, 5.41) is 0. The van der Waals surface area contributed by atoms with Gasteiger partial charge in [-0.1, -0.05) is 6.92 Å². The first kappa shape index (κ1) is 15.7. The van der Waals surface area contributed by atoms with Gasteiger partial charge in [0.2, 0.25) is 0 Å². The van der Waals surface area contributed by atoms with Crippen molar-refractivity contribution in [1.82, 2.24) is 4.90 Å². The van der Waals surface area contributed by atoms with E-state index in [1.807, 2.05) is 43.1 Å². The number of amides is 1. The van der Waals surface area contributed by atoms with Crippen molar-refractivity contribution in [2.75, 3.05) is 31.8 Å². The molecule has 4 heteroatoms. The fourth-order valence-electron chi connectivity index (χ4n) is 3.10. The van der Waals surface area contributed by atoms with Crippen LogP contribution in [0.15, 0.2) is 18.2 Å². The second kappa shape index (κ2) is 6.37. The molecule has 2 N–H and O–H groups in total. The molecule has 0 aromatic heterocycles. The van der Waals surface area contributed by atoms with Crippen LogP contribution in [-0.4, -0.2) is 38.0 Å². The number of carbonyl (C=O) groups excluding carboxylic acids is 1. The molecule has 0 saturated heterocycles. The predicted molar refractivity (Wildman–Crippen MR) is 88.7 cm³/mol. The third kappa shape index (κ3) is 3.49. The summed E-state index contributed by atoms with van der Waals surface area (Å²) < 4.78 is 0. The van der Waals surface area contributed by atoms with Gasteiger partial charge in [0.25, 0.3) is 5.91 Å². The lowest BCUT2D eigenvalue weighted by Gasteiger charge is -2.34. The quantitative estimate of drug-likeness (QED) is 0.870. The van der Waals surface area contributed by atoms with Gasteiger partial charge in [-0.2, -0.15) is 0 Å². The fraction of sp³-hybridized carbons (Fsp3) is 0.588. The molecule has 1 aromatic rings. The number of benzene rings is 1. The van der Waals surface area contributed by atoms with Crippen LogP contribution in [0.2, 0.25) is 0 Å². The minimum absolute atomic E-state index is 0.0746. The van der Waals surface area contributed by atoms with Crippen LogP contribution in [0.25, 0.3) is 0 Å². The first-order valence-corrected chi connectivity index (χ1v) is 7.74. The van der Waals surface area contributed by atoms with E-state index < -0.39 is 0 Å². The molecule has 1 aliphatic rings. The van der Waals surface area contributed by atoms with Crippen LogP contribution in [0.5, 0.6) is 0 Å². The normalized spacial score (nSPS) is 21.9. The van der Waals surface area contributed by atoms with E-state index >= 15 is 0 Å². The molecule has 0 atom stereocenters. The molecular formula is C17H27N3O. The predicted octanol–water partition coefficient (Wildman–Crippen LogP) is 2.99. The van der Waals surface area contributed by atoms with Crippen LogP contribution in [0.3, 0.4) is 0 Å². The van der Waals surface area contributed by atoms with Gasteiger partial charge in [-0.25, -0.2) is 0 Å². The van der Waals surface area contributed by atoms with E-state index in [0.29, 0.717) is 17.3 Å². The Morgan fingerprint density at radius 2 is 1.76 bits per heavy atom. The van der Waals surface area contributed by atoms with Gasteiger partial charge in [-0.05, 0) is 49.8 Å². The highest BCUT2D eigenvalue weighted by atomic mass is 16.2. The monoisotopic (exact) mass is 289 g/mol. The topological polar surface area (TPSA) is 49.6 Å². The molecular weight excluding hydrogens is 262 g/mol. The molecule has 0 spiro atoms. The van der Waals surface area contributed by atoms with Gasteiger partial charge >= 0.3 is 0 Å². The van der Waals surface area contributed by atoms with Crippen molar-refractivity contribution in [3.05, 3.63) is 23.8 Å². The Hall–Kier alpha value is -1.71. The van der Waals surface area contributed by atoms with Gasteiger partial charge in [0.15, 0.2) is 0 Å². The summed E-state index contributed by atoms with van der Waals surface area (Å²) >= 11 is 0. The Morgan fingerprint density at radius 3 is 2.33 bits per heavy atom. The second-order valence-electron chi connectivity index (χ2n) is 6.50. The SMILES string of the molecule is CC1CCC(N(C)C(=O)c2cc(N)ccc2N(C)C)CC1. The summed E-state index contributed by atoms with van der Waals surface area (Å²) in [6.07, 6.45) is 4.62. The summed E-state index contributed by atoms with van der Waals surface area (Å²) in [4.78, 5) is 16.7. The molecule has 1 saturated carbocycles. The summed E-state index contributed by atoms with van der Waals surface area (Å²) in [5.74, 6) is 0.861. The summed E-state index contributed by atoms with van der Waals surface area (Å²) in [5.41, 5.74) is 8.12. The van der Waals surface area contributed by atoms with E-state index in [4.69, 9.17) is 5.73 Å². The highest BCUT2D eigenvalue weighted by Gasteiger charge is 2.27. The smallest absolute Gasteiger partial charge is 0.256 e. The molecule has 1 aliphatic carbocycles. The van der Waals surface area contributed by atoms with Gasteiger partial charge in [-0.15, -0.1) is 0 Å². The standard InChI is InChI=1S/C17H27N3O/c1-12-5-8-14(9-6-12)20(4)17(21)15-11-13(18)7-10-16(15)19(2)3/h7,10-12,14H,5-6,8-9,18H2,1-4H3. The number of anilines is 2. The molecule has 21 heavy (non-hydrogen) atoms. The minimum Gasteiger partial charge on any atom is -0.399 e. The lowest BCUT2D eigenvalue weighted by Crippen LogP contribution is -2.39. The third-order valence-electron chi connectivity index (χ3n) is 4.59. The second-order valence-corrected chi connectivity index (χ2v) is 6.50. The molecule has 0 radical (unpaired) electrons. The van der Waals surface area contributed by atoms with Gasteiger partial charge in [-0.3, -0.25) is 4.79 Å². The van der Waals surface area contributed by atoms with Crippen molar-refractivity contribution in [1.29, 1.82) is 0 Å². The Kier molecular flexibility index (Phi) is 4.76. The highest BCUT2D eigenvalue weighted by molar-refractivity contribution is 6.00. The highest BCUT2D eigenvalue weighted by Crippen LogP contribution is 2.29. The van der Waals surface area contributed by atoms with Gasteiger partial charge in [0, 0.05) is 38.6 Å². The molecule has 116 valence electrons. The zero-order chi connectivity index (χ0) is 15.6. The average molecular weight is 289 g/mol. The Balaban J connectivity index is 2.21. The van der Waals surface area contributed by atoms with Gasteiger partial charge in [0.05, 0.1) is 5.56 Å². The average Bonchev–Trinajstić information content (AvgIpc) is 2.46. The molecule has 0 aliphatic heterocycles. The largest absolute Gasteiger partial charge is 0.399 e. The van der Waals surface area contributed by atoms with Gasteiger partial charge < -0.3 is 15.5 Å². The van der Waals surface area contributed by atoms with Crippen molar-refractivity contribution in [2.45, 2.75) is 38.6 Å². The number of nitrogen functional groups attached to an aromatic ring is 1. The number of rotatable bonds is 3. The lowest BCUT2D eigenvalue weighted by molar-refractivity contribution is 0.0680. The van der Waals surface area contributed by atoms with Crippen LogP contribution < -0.4 is 10.6 Å². The molecule has 1 aromatic carbocycles. The van der Waals surface area contributed by atoms with Crippen molar-refractivity contribution in [3.8, 4) is 0 Å². The number of hydrogen-bond donors (Lipinski definition) is 1. The number of hydrogen-bond acceptors (Lipinski definition) is 3. The maximum absolute atomic E-state index is 12.8. The fourth-order valence-corrected chi connectivity index (χ4v) is 3.10.